The van der Waals surface area contributed by atoms with E-state index >= 15 is 0 Å². The van der Waals surface area contributed by atoms with E-state index in [1.54, 1.807) is 18.3 Å². The van der Waals surface area contributed by atoms with Crippen LogP contribution in [-0.2, 0) is 16.0 Å². The first kappa shape index (κ1) is 18.2. The molecule has 0 saturated heterocycles. The molecule has 7 nitrogen and oxygen atoms in total. The number of para-hydroxylation sites is 1. The molecule has 1 unspecified atom stereocenters. The first-order valence-electron chi connectivity index (χ1n) is 8.63. The maximum Gasteiger partial charge on any atom is 0.328 e. The minimum absolute atomic E-state index is 0.299. The van der Waals surface area contributed by atoms with Crippen LogP contribution in [0.2, 0.25) is 0 Å². The minimum Gasteiger partial charge on any atom is -0.467 e. The summed E-state index contributed by atoms with van der Waals surface area (Å²) in [5.41, 5.74) is 2.91. The SMILES string of the molecule is COC(=O)C(Cc1c[nH]c2ccc(Br)cc12)NC(=O)c1cccc2cn[nH]c12. The van der Waals surface area contributed by atoms with Crippen LogP contribution in [-0.4, -0.2) is 40.2 Å². The number of hydrogen-bond acceptors (Lipinski definition) is 4. The Morgan fingerprint density at radius 3 is 2.96 bits per heavy atom. The van der Waals surface area contributed by atoms with E-state index in [2.05, 4.69) is 36.4 Å². The molecule has 2 aromatic heterocycles. The summed E-state index contributed by atoms with van der Waals surface area (Å²) in [7, 11) is 1.31. The molecule has 2 aromatic carbocycles. The van der Waals surface area contributed by atoms with Gasteiger partial charge in [0.15, 0.2) is 0 Å². The van der Waals surface area contributed by atoms with Gasteiger partial charge in [-0.3, -0.25) is 9.89 Å². The maximum absolute atomic E-state index is 12.9. The quantitative estimate of drug-likeness (QED) is 0.414. The highest BCUT2D eigenvalue weighted by atomic mass is 79.9. The molecule has 2 heterocycles. The van der Waals surface area contributed by atoms with Crippen LogP contribution in [0.4, 0.5) is 0 Å². The van der Waals surface area contributed by atoms with Crippen LogP contribution >= 0.6 is 15.9 Å². The largest absolute Gasteiger partial charge is 0.467 e. The van der Waals surface area contributed by atoms with Gasteiger partial charge in [0, 0.05) is 33.4 Å². The molecular weight excluding hydrogens is 424 g/mol. The molecule has 1 atom stereocenters. The Kier molecular flexibility index (Phi) is 4.87. The monoisotopic (exact) mass is 440 g/mol. The lowest BCUT2D eigenvalue weighted by molar-refractivity contribution is -0.142. The molecule has 0 aliphatic heterocycles. The highest BCUT2D eigenvalue weighted by Crippen LogP contribution is 2.24. The molecule has 0 radical (unpaired) electrons. The molecule has 3 N–H and O–H groups in total. The molecule has 4 rings (SSSR count). The number of hydrogen-bond donors (Lipinski definition) is 3. The number of methoxy groups -OCH3 is 1. The molecule has 0 aliphatic carbocycles. The van der Waals surface area contributed by atoms with Crippen LogP contribution in [0.25, 0.3) is 21.8 Å². The predicted molar refractivity (Wildman–Crippen MR) is 109 cm³/mol. The zero-order valence-corrected chi connectivity index (χ0v) is 16.5. The van der Waals surface area contributed by atoms with Crippen molar-refractivity contribution in [3.05, 3.63) is 64.4 Å². The maximum atomic E-state index is 12.9. The number of halogens is 1. The molecule has 0 fully saturated rings. The smallest absolute Gasteiger partial charge is 0.328 e. The number of carbonyl (C=O) groups is 2. The molecule has 0 bridgehead atoms. The first-order chi connectivity index (χ1) is 13.6. The van der Waals surface area contributed by atoms with Gasteiger partial charge in [-0.25, -0.2) is 4.79 Å². The van der Waals surface area contributed by atoms with Crippen LogP contribution in [0.1, 0.15) is 15.9 Å². The topological polar surface area (TPSA) is 99.9 Å². The number of ether oxygens (including phenoxy) is 1. The van der Waals surface area contributed by atoms with Crippen molar-refractivity contribution in [1.29, 1.82) is 0 Å². The summed E-state index contributed by atoms with van der Waals surface area (Å²) in [6.07, 6.45) is 3.79. The van der Waals surface area contributed by atoms with E-state index in [0.29, 0.717) is 17.5 Å². The third kappa shape index (κ3) is 3.38. The van der Waals surface area contributed by atoms with E-state index in [4.69, 9.17) is 4.74 Å². The van der Waals surface area contributed by atoms with Gasteiger partial charge in [0.05, 0.1) is 24.4 Å². The van der Waals surface area contributed by atoms with E-state index in [1.807, 2.05) is 30.5 Å². The highest BCUT2D eigenvalue weighted by molar-refractivity contribution is 9.10. The van der Waals surface area contributed by atoms with Crippen molar-refractivity contribution in [2.45, 2.75) is 12.5 Å². The highest BCUT2D eigenvalue weighted by Gasteiger charge is 2.25. The van der Waals surface area contributed by atoms with Crippen molar-refractivity contribution < 1.29 is 14.3 Å². The summed E-state index contributed by atoms with van der Waals surface area (Å²) in [5, 5.41) is 11.4. The summed E-state index contributed by atoms with van der Waals surface area (Å²) in [6, 6.07) is 10.4. The van der Waals surface area contributed by atoms with Crippen LogP contribution in [0.15, 0.2) is 53.3 Å². The molecule has 142 valence electrons. The summed E-state index contributed by atoms with van der Waals surface area (Å²) < 4.78 is 5.85. The summed E-state index contributed by atoms with van der Waals surface area (Å²) >= 11 is 3.47. The second kappa shape index (κ2) is 7.47. The van der Waals surface area contributed by atoms with E-state index in [9.17, 15) is 9.59 Å². The Labute approximate surface area is 168 Å². The average molecular weight is 441 g/mol. The lowest BCUT2D eigenvalue weighted by Crippen LogP contribution is -2.43. The van der Waals surface area contributed by atoms with Crippen molar-refractivity contribution in [3.8, 4) is 0 Å². The third-order valence-electron chi connectivity index (χ3n) is 4.67. The van der Waals surface area contributed by atoms with Gasteiger partial charge in [0.1, 0.15) is 6.04 Å². The summed E-state index contributed by atoms with van der Waals surface area (Å²) in [4.78, 5) is 28.4. The van der Waals surface area contributed by atoms with Crippen LogP contribution < -0.4 is 5.32 Å². The van der Waals surface area contributed by atoms with Crippen molar-refractivity contribution in [3.63, 3.8) is 0 Å². The number of fused-ring (bicyclic) bond motifs is 2. The fraction of sp³-hybridized carbons (Fsp3) is 0.150. The predicted octanol–water partition coefficient (Wildman–Crippen LogP) is 3.32. The van der Waals surface area contributed by atoms with Crippen LogP contribution in [0.3, 0.4) is 0 Å². The van der Waals surface area contributed by atoms with Crippen molar-refractivity contribution in [1.82, 2.24) is 20.5 Å². The van der Waals surface area contributed by atoms with Crippen LogP contribution in [0, 0.1) is 0 Å². The molecule has 4 aromatic rings. The number of rotatable bonds is 5. The number of aromatic nitrogens is 3. The summed E-state index contributed by atoms with van der Waals surface area (Å²) in [6.45, 7) is 0. The minimum atomic E-state index is -0.825. The average Bonchev–Trinajstić information content (AvgIpc) is 3.33. The number of amides is 1. The number of aromatic amines is 2. The molecular formula is C20H17BrN4O3. The van der Waals surface area contributed by atoms with E-state index in [0.717, 1.165) is 26.3 Å². The summed E-state index contributed by atoms with van der Waals surface area (Å²) in [5.74, 6) is -0.874. The number of nitrogens with zero attached hydrogens (tertiary/aromatic N) is 1. The Hall–Kier alpha value is -3.13. The van der Waals surface area contributed by atoms with Crippen molar-refractivity contribution in [2.75, 3.05) is 7.11 Å². The Morgan fingerprint density at radius 1 is 1.29 bits per heavy atom. The van der Waals surface area contributed by atoms with Crippen molar-refractivity contribution in [2.24, 2.45) is 0 Å². The zero-order valence-electron chi connectivity index (χ0n) is 15.0. The van der Waals surface area contributed by atoms with Gasteiger partial charge in [0.25, 0.3) is 5.91 Å². The Bertz CT molecular complexity index is 1180. The number of H-pyrrole nitrogens is 2. The fourth-order valence-corrected chi connectivity index (χ4v) is 3.63. The molecule has 1 amide bonds. The van der Waals surface area contributed by atoms with Gasteiger partial charge in [-0.1, -0.05) is 28.1 Å². The molecule has 8 heteroatoms. The second-order valence-corrected chi connectivity index (χ2v) is 7.31. The fourth-order valence-electron chi connectivity index (χ4n) is 3.27. The standard InChI is InChI=1S/C20H17BrN4O3/c1-28-20(27)17(7-12-9-22-16-6-5-13(21)8-15(12)16)24-19(26)14-4-2-3-11-10-23-25-18(11)14/h2-6,8-10,17,22H,7H2,1H3,(H,23,25)(H,24,26). The molecule has 28 heavy (non-hydrogen) atoms. The van der Waals surface area contributed by atoms with Crippen LogP contribution in [0.5, 0.6) is 0 Å². The molecule has 0 saturated carbocycles. The van der Waals surface area contributed by atoms with Gasteiger partial charge < -0.3 is 15.0 Å². The lowest BCUT2D eigenvalue weighted by atomic mass is 10.0. The van der Waals surface area contributed by atoms with Gasteiger partial charge in [0.2, 0.25) is 0 Å². The molecule has 0 spiro atoms. The lowest BCUT2D eigenvalue weighted by Gasteiger charge is -2.16. The first-order valence-corrected chi connectivity index (χ1v) is 9.42. The number of nitrogens with one attached hydrogen (secondary N) is 3. The van der Waals surface area contributed by atoms with E-state index in [-0.39, 0.29) is 5.91 Å². The number of esters is 1. The number of carbonyl (C=O) groups excluding carboxylic acids is 2. The van der Waals surface area contributed by atoms with Gasteiger partial charge in [-0.2, -0.15) is 5.10 Å². The van der Waals surface area contributed by atoms with Gasteiger partial charge >= 0.3 is 5.97 Å². The molecule has 0 aliphatic rings. The van der Waals surface area contributed by atoms with E-state index < -0.39 is 12.0 Å². The third-order valence-corrected chi connectivity index (χ3v) is 5.16. The normalized spacial score (nSPS) is 12.2. The zero-order chi connectivity index (χ0) is 19.7. The van der Waals surface area contributed by atoms with Gasteiger partial charge in [-0.15, -0.1) is 0 Å². The second-order valence-electron chi connectivity index (χ2n) is 6.40. The van der Waals surface area contributed by atoms with Crippen molar-refractivity contribution >= 4 is 49.6 Å². The van der Waals surface area contributed by atoms with Gasteiger partial charge in [-0.05, 0) is 29.8 Å². The Morgan fingerprint density at radius 2 is 2.14 bits per heavy atom. The van der Waals surface area contributed by atoms with E-state index in [1.165, 1.54) is 7.11 Å². The number of benzene rings is 2. The Balaban J connectivity index is 1.63.